The van der Waals surface area contributed by atoms with E-state index in [1.54, 1.807) is 12.1 Å². The molecule has 0 fully saturated rings. The lowest BCUT2D eigenvalue weighted by atomic mass is 10.2. The van der Waals surface area contributed by atoms with Gasteiger partial charge in [-0.15, -0.1) is 6.58 Å². The highest BCUT2D eigenvalue weighted by Crippen LogP contribution is 2.25. The van der Waals surface area contributed by atoms with Crippen molar-refractivity contribution in [1.29, 1.82) is 0 Å². The smallest absolute Gasteiger partial charge is 0.178 e. The fourth-order valence-corrected chi connectivity index (χ4v) is 2.16. The molecule has 2 nitrogen and oxygen atoms in total. The highest BCUT2D eigenvalue weighted by atomic mass is 35.5. The van der Waals surface area contributed by atoms with Crippen LogP contribution in [0.2, 0.25) is 5.02 Å². The Morgan fingerprint density at radius 2 is 2.31 bits per heavy atom. The third kappa shape index (κ3) is 1.68. The van der Waals surface area contributed by atoms with Crippen LogP contribution < -0.4 is 0 Å². The Labute approximate surface area is 102 Å². The van der Waals surface area contributed by atoms with Crippen molar-refractivity contribution in [3.63, 3.8) is 0 Å². The standard InChI is InChI=1S/C11H10ClFN2S/c1-3-6(2)15-10-4-7(12)8(13)5-9(10)14-11(15)16/h3-6H,1H2,2H3,(H,14,16). The maximum atomic E-state index is 13.3. The van der Waals surface area contributed by atoms with Gasteiger partial charge in [0.05, 0.1) is 22.1 Å². The van der Waals surface area contributed by atoms with Crippen molar-refractivity contribution in [3.05, 3.63) is 40.4 Å². The van der Waals surface area contributed by atoms with Crippen molar-refractivity contribution in [3.8, 4) is 0 Å². The molecule has 0 saturated heterocycles. The summed E-state index contributed by atoms with van der Waals surface area (Å²) in [6.07, 6.45) is 1.76. The molecule has 0 amide bonds. The summed E-state index contributed by atoms with van der Waals surface area (Å²) in [6, 6.07) is 2.95. The first kappa shape index (κ1) is 11.4. The number of aromatic nitrogens is 2. The number of imidazole rings is 1. The average molecular weight is 257 g/mol. The summed E-state index contributed by atoms with van der Waals surface area (Å²) >= 11 is 10.9. The lowest BCUT2D eigenvalue weighted by Crippen LogP contribution is -2.01. The van der Waals surface area contributed by atoms with Gasteiger partial charge in [-0.3, -0.25) is 0 Å². The largest absolute Gasteiger partial charge is 0.330 e. The van der Waals surface area contributed by atoms with E-state index < -0.39 is 5.82 Å². The molecule has 0 saturated carbocycles. The molecule has 0 radical (unpaired) electrons. The van der Waals surface area contributed by atoms with E-state index in [0.29, 0.717) is 10.3 Å². The molecule has 1 unspecified atom stereocenters. The van der Waals surface area contributed by atoms with Gasteiger partial charge in [0, 0.05) is 6.07 Å². The van der Waals surface area contributed by atoms with E-state index in [0.717, 1.165) is 5.52 Å². The Kier molecular flexibility index (Phi) is 2.86. The van der Waals surface area contributed by atoms with Crippen molar-refractivity contribution >= 4 is 34.9 Å². The Morgan fingerprint density at radius 3 is 2.94 bits per heavy atom. The number of hydrogen-bond acceptors (Lipinski definition) is 1. The van der Waals surface area contributed by atoms with Gasteiger partial charge in [0.2, 0.25) is 0 Å². The number of allylic oxidation sites excluding steroid dienone is 1. The van der Waals surface area contributed by atoms with Gasteiger partial charge >= 0.3 is 0 Å². The SMILES string of the molecule is C=CC(C)n1c(=S)[nH]c2cc(F)c(Cl)cc21. The number of H-pyrrole nitrogens is 1. The first-order valence-corrected chi connectivity index (χ1v) is 5.55. The van der Waals surface area contributed by atoms with E-state index in [2.05, 4.69) is 11.6 Å². The number of fused-ring (bicyclic) bond motifs is 1. The number of nitrogens with one attached hydrogen (secondary N) is 1. The molecule has 0 bridgehead atoms. The maximum absolute atomic E-state index is 13.3. The van der Waals surface area contributed by atoms with Crippen LogP contribution >= 0.6 is 23.8 Å². The monoisotopic (exact) mass is 256 g/mol. The topological polar surface area (TPSA) is 20.7 Å². The second-order valence-electron chi connectivity index (χ2n) is 3.56. The second kappa shape index (κ2) is 4.03. The van der Waals surface area contributed by atoms with Crippen LogP contribution in [-0.4, -0.2) is 9.55 Å². The normalized spacial score (nSPS) is 12.9. The summed E-state index contributed by atoms with van der Waals surface area (Å²) in [5.41, 5.74) is 1.42. The van der Waals surface area contributed by atoms with Crippen LogP contribution in [0.5, 0.6) is 0 Å². The van der Waals surface area contributed by atoms with Crippen LogP contribution in [-0.2, 0) is 0 Å². The van der Waals surface area contributed by atoms with Gasteiger partial charge < -0.3 is 9.55 Å². The van der Waals surface area contributed by atoms with E-state index in [-0.39, 0.29) is 11.1 Å². The van der Waals surface area contributed by atoms with Crippen LogP contribution in [0.4, 0.5) is 4.39 Å². The average Bonchev–Trinajstić information content (AvgIpc) is 2.54. The molecule has 0 spiro atoms. The van der Waals surface area contributed by atoms with Crippen molar-refractivity contribution in [1.82, 2.24) is 9.55 Å². The van der Waals surface area contributed by atoms with E-state index in [9.17, 15) is 4.39 Å². The van der Waals surface area contributed by atoms with Crippen molar-refractivity contribution < 1.29 is 4.39 Å². The fourth-order valence-electron chi connectivity index (χ4n) is 1.63. The number of nitrogens with zero attached hydrogens (tertiary/aromatic N) is 1. The van der Waals surface area contributed by atoms with E-state index in [4.69, 9.17) is 23.8 Å². The van der Waals surface area contributed by atoms with Crippen LogP contribution in [0.25, 0.3) is 11.0 Å². The summed E-state index contributed by atoms with van der Waals surface area (Å²) in [6.45, 7) is 5.67. The minimum atomic E-state index is -0.455. The molecule has 0 aliphatic carbocycles. The zero-order valence-electron chi connectivity index (χ0n) is 8.63. The summed E-state index contributed by atoms with van der Waals surface area (Å²) in [4.78, 5) is 2.94. The summed E-state index contributed by atoms with van der Waals surface area (Å²) in [5.74, 6) is -0.455. The fraction of sp³-hybridized carbons (Fsp3) is 0.182. The molecule has 0 aliphatic rings. The summed E-state index contributed by atoms with van der Waals surface area (Å²) in [5, 5.41) is 0.0894. The third-order valence-electron chi connectivity index (χ3n) is 2.51. The zero-order chi connectivity index (χ0) is 11.9. The van der Waals surface area contributed by atoms with Gasteiger partial charge in [-0.1, -0.05) is 17.7 Å². The molecule has 16 heavy (non-hydrogen) atoms. The molecule has 84 valence electrons. The number of rotatable bonds is 2. The Bertz CT molecular complexity index is 614. The van der Waals surface area contributed by atoms with Gasteiger partial charge in [-0.05, 0) is 25.2 Å². The van der Waals surface area contributed by atoms with E-state index >= 15 is 0 Å². The minimum Gasteiger partial charge on any atom is -0.330 e. The van der Waals surface area contributed by atoms with Gasteiger partial charge in [0.25, 0.3) is 0 Å². The Morgan fingerprint density at radius 1 is 1.62 bits per heavy atom. The maximum Gasteiger partial charge on any atom is 0.178 e. The molecule has 5 heteroatoms. The van der Waals surface area contributed by atoms with Crippen LogP contribution in [0.3, 0.4) is 0 Å². The predicted octanol–water partition coefficient (Wildman–Crippen LogP) is 4.24. The first-order valence-electron chi connectivity index (χ1n) is 4.76. The first-order chi connectivity index (χ1) is 7.54. The highest BCUT2D eigenvalue weighted by molar-refractivity contribution is 7.71. The quantitative estimate of drug-likeness (QED) is 0.630. The molecule has 0 aliphatic heterocycles. The molecular formula is C11H10ClFN2S. The lowest BCUT2D eigenvalue weighted by Gasteiger charge is -2.09. The molecule has 1 N–H and O–H groups in total. The zero-order valence-corrected chi connectivity index (χ0v) is 10.2. The van der Waals surface area contributed by atoms with Crippen molar-refractivity contribution in [2.75, 3.05) is 0 Å². The van der Waals surface area contributed by atoms with Crippen LogP contribution in [0, 0.1) is 10.6 Å². The van der Waals surface area contributed by atoms with Gasteiger partial charge in [-0.25, -0.2) is 4.39 Å². The lowest BCUT2D eigenvalue weighted by molar-refractivity contribution is 0.629. The Hall–Kier alpha value is -1.13. The number of aromatic amines is 1. The van der Waals surface area contributed by atoms with Gasteiger partial charge in [0.15, 0.2) is 4.77 Å². The van der Waals surface area contributed by atoms with Crippen LogP contribution in [0.1, 0.15) is 13.0 Å². The Balaban J connectivity index is 2.84. The summed E-state index contributed by atoms with van der Waals surface area (Å²) < 4.78 is 15.6. The van der Waals surface area contributed by atoms with Crippen LogP contribution in [0.15, 0.2) is 24.8 Å². The minimum absolute atomic E-state index is 0.0303. The van der Waals surface area contributed by atoms with Gasteiger partial charge in [0.1, 0.15) is 5.82 Å². The molecule has 2 rings (SSSR count). The van der Waals surface area contributed by atoms with Gasteiger partial charge in [-0.2, -0.15) is 0 Å². The molecular weight excluding hydrogens is 247 g/mol. The third-order valence-corrected chi connectivity index (χ3v) is 3.10. The second-order valence-corrected chi connectivity index (χ2v) is 4.35. The van der Waals surface area contributed by atoms with Crippen molar-refractivity contribution in [2.45, 2.75) is 13.0 Å². The molecule has 1 heterocycles. The molecule has 1 aromatic heterocycles. The summed E-state index contributed by atoms with van der Waals surface area (Å²) in [7, 11) is 0. The van der Waals surface area contributed by atoms with Crippen molar-refractivity contribution in [2.24, 2.45) is 0 Å². The number of benzene rings is 1. The molecule has 1 atom stereocenters. The molecule has 2 aromatic rings. The molecule has 1 aromatic carbocycles. The number of hydrogen-bond donors (Lipinski definition) is 1. The van der Waals surface area contributed by atoms with E-state index in [1.807, 2.05) is 11.5 Å². The van der Waals surface area contributed by atoms with E-state index in [1.165, 1.54) is 6.07 Å². The highest BCUT2D eigenvalue weighted by Gasteiger charge is 2.11. The predicted molar refractivity (Wildman–Crippen MR) is 67.0 cm³/mol. The number of halogens is 2.